The zero-order chi connectivity index (χ0) is 11.1. The molecule has 5 heteroatoms. The summed E-state index contributed by atoms with van der Waals surface area (Å²) in [5.41, 5.74) is 0.952. The average Bonchev–Trinajstić information content (AvgIpc) is 2.12. The first-order chi connectivity index (χ1) is 6.97. The molecule has 0 unspecified atom stereocenters. The minimum Gasteiger partial charge on any atom is -0.389 e. The first kappa shape index (κ1) is 10.4. The van der Waals surface area contributed by atoms with Gasteiger partial charge in [0.1, 0.15) is 0 Å². The molecule has 0 amide bonds. The number of hydrogen-bond donors (Lipinski definition) is 1. The normalized spacial score (nSPS) is 17.6. The number of benzene rings is 1. The molecule has 4 nitrogen and oxygen atoms in total. The molecule has 15 heavy (non-hydrogen) atoms. The van der Waals surface area contributed by atoms with Gasteiger partial charge in [-0.05, 0) is 24.3 Å². The lowest BCUT2D eigenvalue weighted by Gasteiger charge is -2.37. The van der Waals surface area contributed by atoms with E-state index in [0.717, 1.165) is 5.69 Å². The van der Waals surface area contributed by atoms with E-state index in [-0.39, 0.29) is 6.10 Å². The third-order valence-corrected chi connectivity index (χ3v) is 3.62. The lowest BCUT2D eigenvalue weighted by Crippen LogP contribution is -2.50. The van der Waals surface area contributed by atoms with Crippen molar-refractivity contribution in [1.82, 2.24) is 0 Å². The van der Waals surface area contributed by atoms with Crippen LogP contribution >= 0.6 is 0 Å². The van der Waals surface area contributed by atoms with Crippen LogP contribution in [0.25, 0.3) is 0 Å². The van der Waals surface area contributed by atoms with Crippen molar-refractivity contribution in [1.29, 1.82) is 0 Å². The maximum atomic E-state index is 11.2. The first-order valence-corrected chi connectivity index (χ1v) is 6.59. The van der Waals surface area contributed by atoms with E-state index in [1.165, 1.54) is 6.26 Å². The minimum absolute atomic E-state index is 0.250. The van der Waals surface area contributed by atoms with Gasteiger partial charge in [0.2, 0.25) is 0 Å². The monoisotopic (exact) mass is 227 g/mol. The molecule has 1 saturated heterocycles. The summed E-state index contributed by atoms with van der Waals surface area (Å²) >= 11 is 0. The summed E-state index contributed by atoms with van der Waals surface area (Å²) in [5, 5.41) is 9.13. The van der Waals surface area contributed by atoms with Crippen molar-refractivity contribution in [3.63, 3.8) is 0 Å². The average molecular weight is 227 g/mol. The predicted molar refractivity (Wildman–Crippen MR) is 57.8 cm³/mol. The number of β-amino-alcohol motifs (C(OH)–C–C–N with tert-alkyl or cyclic N) is 1. The molecule has 2 rings (SSSR count). The van der Waals surface area contributed by atoms with Gasteiger partial charge >= 0.3 is 0 Å². The van der Waals surface area contributed by atoms with Gasteiger partial charge in [-0.1, -0.05) is 0 Å². The molecule has 0 aromatic heterocycles. The van der Waals surface area contributed by atoms with Crippen LogP contribution in [0.1, 0.15) is 0 Å². The Morgan fingerprint density at radius 3 is 2.20 bits per heavy atom. The Hall–Kier alpha value is -1.07. The van der Waals surface area contributed by atoms with Crippen molar-refractivity contribution in [3.05, 3.63) is 24.3 Å². The van der Waals surface area contributed by atoms with Crippen LogP contribution in [0.15, 0.2) is 29.2 Å². The number of aliphatic hydroxyl groups is 1. The molecule has 1 aliphatic rings. The second-order valence-corrected chi connectivity index (χ2v) is 5.84. The fourth-order valence-corrected chi connectivity index (χ4v) is 2.20. The van der Waals surface area contributed by atoms with Gasteiger partial charge in [-0.3, -0.25) is 0 Å². The van der Waals surface area contributed by atoms with Crippen molar-refractivity contribution in [2.45, 2.75) is 11.0 Å². The molecule has 1 N–H and O–H groups in total. The summed E-state index contributed by atoms with van der Waals surface area (Å²) in [6.07, 6.45) is 0.939. The first-order valence-electron chi connectivity index (χ1n) is 4.70. The van der Waals surface area contributed by atoms with Gasteiger partial charge in [-0.25, -0.2) is 8.42 Å². The van der Waals surface area contributed by atoms with E-state index in [2.05, 4.69) is 0 Å². The Bertz CT molecular complexity index is 446. The quantitative estimate of drug-likeness (QED) is 0.788. The number of anilines is 1. The molecule has 1 fully saturated rings. The van der Waals surface area contributed by atoms with Crippen molar-refractivity contribution in [2.75, 3.05) is 24.2 Å². The zero-order valence-corrected chi connectivity index (χ0v) is 9.24. The second kappa shape index (κ2) is 3.50. The third kappa shape index (κ3) is 2.13. The molecule has 1 aromatic rings. The van der Waals surface area contributed by atoms with Gasteiger partial charge in [0.15, 0.2) is 9.84 Å². The zero-order valence-electron chi connectivity index (χ0n) is 8.42. The van der Waals surface area contributed by atoms with E-state index in [1.54, 1.807) is 24.3 Å². The van der Waals surface area contributed by atoms with Crippen LogP contribution in [0.3, 0.4) is 0 Å². The maximum absolute atomic E-state index is 11.2. The van der Waals surface area contributed by atoms with Crippen LogP contribution in [0.5, 0.6) is 0 Å². The number of rotatable bonds is 2. The Kier molecular flexibility index (Phi) is 2.44. The molecule has 82 valence electrons. The Balaban J connectivity index is 2.18. The molecule has 1 heterocycles. The molecular weight excluding hydrogens is 214 g/mol. The highest BCUT2D eigenvalue weighted by Gasteiger charge is 2.24. The molecule has 0 radical (unpaired) electrons. The molecule has 0 atom stereocenters. The smallest absolute Gasteiger partial charge is 0.175 e. The summed E-state index contributed by atoms with van der Waals surface area (Å²) in [7, 11) is -3.11. The summed E-state index contributed by atoms with van der Waals surface area (Å²) in [5.74, 6) is 0. The van der Waals surface area contributed by atoms with Crippen LogP contribution in [0.4, 0.5) is 5.69 Å². The van der Waals surface area contributed by atoms with Crippen molar-refractivity contribution < 1.29 is 13.5 Å². The highest BCUT2D eigenvalue weighted by atomic mass is 32.2. The van der Waals surface area contributed by atoms with Crippen molar-refractivity contribution in [3.8, 4) is 0 Å². The van der Waals surface area contributed by atoms with Crippen LogP contribution in [0.2, 0.25) is 0 Å². The summed E-state index contributed by atoms with van der Waals surface area (Å²) in [6, 6.07) is 6.72. The molecule has 0 saturated carbocycles. The standard InChI is InChI=1S/C10H13NO3S/c1-15(13,14)10-4-2-8(3-5-10)11-6-9(12)7-11/h2-5,9,12H,6-7H2,1H3. The Morgan fingerprint density at radius 1 is 1.27 bits per heavy atom. The molecule has 0 aliphatic carbocycles. The number of aliphatic hydroxyl groups excluding tert-OH is 1. The summed E-state index contributed by atoms with van der Waals surface area (Å²) in [6.45, 7) is 1.25. The highest BCUT2D eigenvalue weighted by molar-refractivity contribution is 7.90. The van der Waals surface area contributed by atoms with E-state index in [4.69, 9.17) is 5.11 Å². The van der Waals surface area contributed by atoms with Crippen LogP contribution < -0.4 is 4.90 Å². The molecular formula is C10H13NO3S. The lowest BCUT2D eigenvalue weighted by atomic mass is 10.1. The molecule has 0 bridgehead atoms. The lowest BCUT2D eigenvalue weighted by molar-refractivity contribution is 0.142. The van der Waals surface area contributed by atoms with Crippen molar-refractivity contribution in [2.24, 2.45) is 0 Å². The molecule has 1 aliphatic heterocycles. The number of sulfone groups is 1. The van der Waals surface area contributed by atoms with E-state index >= 15 is 0 Å². The van der Waals surface area contributed by atoms with Gasteiger partial charge in [0.05, 0.1) is 11.0 Å². The second-order valence-electron chi connectivity index (χ2n) is 3.82. The predicted octanol–water partition coefficient (Wildman–Crippen LogP) is 0.271. The maximum Gasteiger partial charge on any atom is 0.175 e. The van der Waals surface area contributed by atoms with Crippen LogP contribution in [-0.4, -0.2) is 39.0 Å². The fourth-order valence-electron chi connectivity index (χ4n) is 1.57. The van der Waals surface area contributed by atoms with Crippen molar-refractivity contribution >= 4 is 15.5 Å². The van der Waals surface area contributed by atoms with Gasteiger partial charge in [0.25, 0.3) is 0 Å². The minimum atomic E-state index is -3.11. The van der Waals surface area contributed by atoms with E-state index in [0.29, 0.717) is 18.0 Å². The topological polar surface area (TPSA) is 57.6 Å². The van der Waals surface area contributed by atoms with Gasteiger partial charge in [0, 0.05) is 25.0 Å². The van der Waals surface area contributed by atoms with E-state index in [1.807, 2.05) is 4.90 Å². The molecule has 1 aromatic carbocycles. The fraction of sp³-hybridized carbons (Fsp3) is 0.400. The SMILES string of the molecule is CS(=O)(=O)c1ccc(N2CC(O)C2)cc1. The largest absolute Gasteiger partial charge is 0.389 e. The van der Waals surface area contributed by atoms with Crippen LogP contribution in [0, 0.1) is 0 Å². The molecule has 0 spiro atoms. The van der Waals surface area contributed by atoms with Crippen LogP contribution in [-0.2, 0) is 9.84 Å². The number of nitrogens with zero attached hydrogens (tertiary/aromatic N) is 1. The third-order valence-electron chi connectivity index (χ3n) is 2.49. The summed E-state index contributed by atoms with van der Waals surface area (Å²) < 4.78 is 22.4. The highest BCUT2D eigenvalue weighted by Crippen LogP contribution is 2.22. The van der Waals surface area contributed by atoms with Gasteiger partial charge < -0.3 is 10.0 Å². The van der Waals surface area contributed by atoms with E-state index < -0.39 is 9.84 Å². The number of hydrogen-bond acceptors (Lipinski definition) is 4. The van der Waals surface area contributed by atoms with Gasteiger partial charge in [-0.15, -0.1) is 0 Å². The summed E-state index contributed by atoms with van der Waals surface area (Å²) in [4.78, 5) is 2.32. The van der Waals surface area contributed by atoms with Gasteiger partial charge in [-0.2, -0.15) is 0 Å². The van der Waals surface area contributed by atoms with E-state index in [9.17, 15) is 8.42 Å². The Labute approximate surface area is 89.1 Å². The Morgan fingerprint density at radius 2 is 1.80 bits per heavy atom.